The van der Waals surface area contributed by atoms with Gasteiger partial charge in [-0.05, 0) is 213 Å². The van der Waals surface area contributed by atoms with Crippen molar-refractivity contribution in [2.45, 2.75) is 129 Å². The lowest BCUT2D eigenvalue weighted by Crippen LogP contribution is -2.42. The van der Waals surface area contributed by atoms with E-state index in [1.54, 1.807) is 0 Å². The molecule has 15 nitrogen and oxygen atoms in total. The molecule has 2 amide bonds. The average Bonchev–Trinajstić information content (AvgIpc) is 3.77. The molecular formula is C46H63Br4N9O6. The molecule has 6 heterocycles. The third kappa shape index (κ3) is 12.4. The minimum Gasteiger partial charge on any atom is -0.444 e. The van der Waals surface area contributed by atoms with Crippen LogP contribution < -0.4 is 10.6 Å². The van der Waals surface area contributed by atoms with Gasteiger partial charge in [-0.1, -0.05) is 0 Å². The van der Waals surface area contributed by atoms with Gasteiger partial charge in [-0.15, -0.1) is 0 Å². The number of piperidine rings is 4. The van der Waals surface area contributed by atoms with Crippen LogP contribution >= 0.6 is 63.7 Å². The maximum absolute atomic E-state index is 12.6. The number of halogens is 4. The van der Waals surface area contributed by atoms with Crippen LogP contribution in [0.25, 0.3) is 22.1 Å². The van der Waals surface area contributed by atoms with Crippen molar-refractivity contribution in [1.29, 1.82) is 0 Å². The summed E-state index contributed by atoms with van der Waals surface area (Å²) in [6, 6.07) is 6.19. The highest BCUT2D eigenvalue weighted by atomic mass is 79.9. The van der Waals surface area contributed by atoms with Crippen LogP contribution in [0.4, 0.5) is 15.3 Å². The molecule has 19 heteroatoms. The number of fused-ring (bicyclic) bond motifs is 2. The van der Waals surface area contributed by atoms with E-state index >= 15 is 0 Å². The lowest BCUT2D eigenvalue weighted by molar-refractivity contribution is -0.384. The predicted octanol–water partition coefficient (Wildman–Crippen LogP) is 11.3. The van der Waals surface area contributed by atoms with Crippen LogP contribution in [0.5, 0.6) is 0 Å². The van der Waals surface area contributed by atoms with Gasteiger partial charge in [0.25, 0.3) is 0 Å². The first kappa shape index (κ1) is 50.0. The Hall–Kier alpha value is -2.84. The second-order valence-electron chi connectivity index (χ2n) is 19.9. The van der Waals surface area contributed by atoms with Crippen LogP contribution in [0.1, 0.15) is 116 Å². The zero-order chi connectivity index (χ0) is 46.8. The van der Waals surface area contributed by atoms with Gasteiger partial charge in [-0.25, -0.2) is 19.6 Å². The van der Waals surface area contributed by atoms with Crippen LogP contribution in [-0.4, -0.2) is 110 Å². The van der Waals surface area contributed by atoms with Gasteiger partial charge >= 0.3 is 17.9 Å². The Kier molecular flexibility index (Phi) is 16.3. The molecule has 8 rings (SSSR count). The Morgan fingerprint density at radius 2 is 1.11 bits per heavy atom. The lowest BCUT2D eigenvalue weighted by atomic mass is 9.94. The van der Waals surface area contributed by atoms with Crippen LogP contribution in [0.3, 0.4) is 0 Å². The van der Waals surface area contributed by atoms with Gasteiger partial charge in [-0.3, -0.25) is 10.1 Å². The van der Waals surface area contributed by atoms with Crippen LogP contribution in [-0.2, 0) is 22.6 Å². The molecule has 4 fully saturated rings. The molecular weight excluding hydrogens is 1090 g/mol. The molecule has 0 atom stereocenters. The van der Waals surface area contributed by atoms with Crippen molar-refractivity contribution in [1.82, 2.24) is 39.5 Å². The maximum atomic E-state index is 12.6. The number of nitro groups is 1. The summed E-state index contributed by atoms with van der Waals surface area (Å²) in [5.74, 6) is 3.72. The number of rotatable bonds is 7. The lowest BCUT2D eigenvalue weighted by Gasteiger charge is -2.35. The Labute approximate surface area is 415 Å². The SMILES string of the molecule is CC(C)(C)OC(=O)N1CCC(Cn2c(C3CCN(C(=O)OC(C)(C)C)CC3)nc3cc(Br)c(Br)cc32)CC1.O=[N+]([O-])c1c(Br)c(Br)cc2c1nc(C1CCNCC1)n2CC1CCNCC1. The molecule has 0 radical (unpaired) electrons. The second-order valence-corrected chi connectivity index (χ2v) is 23.3. The van der Waals surface area contributed by atoms with E-state index in [4.69, 9.17) is 19.4 Å². The Bertz CT molecular complexity index is 2350. The summed E-state index contributed by atoms with van der Waals surface area (Å²) in [5.41, 5.74) is 2.51. The quantitative estimate of drug-likeness (QED) is 0.135. The summed E-state index contributed by atoms with van der Waals surface area (Å²) in [6.07, 6.45) is 7.38. The number of nitro benzene ring substituents is 1. The van der Waals surface area contributed by atoms with Crippen molar-refractivity contribution in [2.24, 2.45) is 11.8 Å². The molecule has 2 aromatic carbocycles. The molecule has 356 valence electrons. The number of hydrogen-bond acceptors (Lipinski definition) is 10. The number of likely N-dealkylation sites (tertiary alicyclic amines) is 2. The van der Waals surface area contributed by atoms with Gasteiger partial charge in [0, 0.05) is 64.5 Å². The molecule has 0 unspecified atom stereocenters. The molecule has 65 heavy (non-hydrogen) atoms. The normalized spacial score (nSPS) is 18.8. The van der Waals surface area contributed by atoms with Gasteiger partial charge in [0.05, 0.1) is 21.5 Å². The number of carbonyl (C=O) groups excluding carboxylic acids is 2. The molecule has 2 aromatic heterocycles. The molecule has 0 aliphatic carbocycles. The number of imidazole rings is 2. The Balaban J connectivity index is 0.000000205. The van der Waals surface area contributed by atoms with Gasteiger partial charge < -0.3 is 39.0 Å². The highest BCUT2D eigenvalue weighted by Crippen LogP contribution is 2.42. The second kappa shape index (κ2) is 21.2. The fourth-order valence-corrected chi connectivity index (χ4v) is 11.0. The first-order valence-electron chi connectivity index (χ1n) is 23.0. The van der Waals surface area contributed by atoms with E-state index in [-0.39, 0.29) is 28.7 Å². The van der Waals surface area contributed by atoms with E-state index in [1.165, 1.54) is 0 Å². The molecule has 4 saturated heterocycles. The number of aromatic nitrogens is 4. The van der Waals surface area contributed by atoms with Gasteiger partial charge in [0.1, 0.15) is 27.3 Å². The number of hydrogen-bond donors (Lipinski definition) is 2. The van der Waals surface area contributed by atoms with Crippen LogP contribution in [0.2, 0.25) is 0 Å². The number of nitrogens with zero attached hydrogens (tertiary/aromatic N) is 7. The number of ether oxygens (including phenoxy) is 2. The maximum Gasteiger partial charge on any atom is 0.410 e. The smallest absolute Gasteiger partial charge is 0.410 e. The van der Waals surface area contributed by atoms with Crippen molar-refractivity contribution in [3.63, 3.8) is 0 Å². The monoisotopic (exact) mass is 1150 g/mol. The summed E-state index contributed by atoms with van der Waals surface area (Å²) < 4.78 is 19.0. The third-order valence-corrected chi connectivity index (χ3v) is 16.6. The first-order chi connectivity index (χ1) is 30.8. The fraction of sp³-hybridized carbons (Fsp3) is 0.652. The van der Waals surface area contributed by atoms with E-state index in [1.807, 2.05) is 57.4 Å². The van der Waals surface area contributed by atoms with E-state index in [2.05, 4.69) is 95.6 Å². The van der Waals surface area contributed by atoms with Crippen molar-refractivity contribution in [2.75, 3.05) is 52.4 Å². The van der Waals surface area contributed by atoms with Crippen LogP contribution in [0.15, 0.2) is 36.1 Å². The van der Waals surface area contributed by atoms with Crippen molar-refractivity contribution < 1.29 is 24.0 Å². The Morgan fingerprint density at radius 1 is 0.662 bits per heavy atom. The fourth-order valence-electron chi connectivity index (χ4n) is 9.45. The van der Waals surface area contributed by atoms with Crippen LogP contribution in [0, 0.1) is 22.0 Å². The summed E-state index contributed by atoms with van der Waals surface area (Å²) >= 11 is 14.2. The highest BCUT2D eigenvalue weighted by Gasteiger charge is 2.34. The summed E-state index contributed by atoms with van der Waals surface area (Å²) in [4.78, 5) is 50.2. The minimum absolute atomic E-state index is 0.0543. The van der Waals surface area contributed by atoms with E-state index in [0.29, 0.717) is 58.4 Å². The number of nitrogens with one attached hydrogen (secondary N) is 2. The van der Waals surface area contributed by atoms with E-state index in [9.17, 15) is 19.7 Å². The summed E-state index contributed by atoms with van der Waals surface area (Å²) in [6.45, 7) is 19.9. The topological polar surface area (TPSA) is 162 Å². The predicted molar refractivity (Wildman–Crippen MR) is 268 cm³/mol. The van der Waals surface area contributed by atoms with Crippen molar-refractivity contribution in [3.8, 4) is 0 Å². The zero-order valence-corrected chi connectivity index (χ0v) is 44.7. The standard InChI is InChI=1S/C28H40Br2N4O4.C18H23Br2N5O2/c1-27(2,3)37-25(35)32-11-7-18(8-12-32)17-34-23-16-21(30)20(29)15-22(23)31-24(34)19-9-13-33(14-10-19)26(36)38-28(4,5)6;19-13-9-14-16(17(15(13)20)25(26)27)23-18(12-3-7-22-8-4-12)24(14)10-11-1-5-21-6-2-11/h15-16,18-19H,7-14,17H2,1-6H3;9,11-12,21-22H,1-8,10H2. The number of carbonyl (C=O) groups is 2. The molecule has 4 aromatic rings. The molecule has 0 spiro atoms. The molecule has 0 bridgehead atoms. The third-order valence-electron chi connectivity index (χ3n) is 12.8. The van der Waals surface area contributed by atoms with E-state index < -0.39 is 11.2 Å². The molecule has 0 saturated carbocycles. The van der Waals surface area contributed by atoms with Gasteiger partial charge in [0.15, 0.2) is 5.52 Å². The summed E-state index contributed by atoms with van der Waals surface area (Å²) in [7, 11) is 0. The van der Waals surface area contributed by atoms with Crippen molar-refractivity contribution >= 4 is 104 Å². The molecule has 4 aliphatic rings. The largest absolute Gasteiger partial charge is 0.444 e. The summed E-state index contributed by atoms with van der Waals surface area (Å²) in [5, 5.41) is 18.6. The number of amides is 2. The highest BCUT2D eigenvalue weighted by molar-refractivity contribution is 9.13. The average molecular weight is 1160 g/mol. The van der Waals surface area contributed by atoms with E-state index in [0.717, 1.165) is 128 Å². The van der Waals surface area contributed by atoms with Crippen molar-refractivity contribution in [3.05, 3.63) is 57.9 Å². The first-order valence-corrected chi connectivity index (χ1v) is 26.2. The number of benzene rings is 2. The van der Waals surface area contributed by atoms with Gasteiger partial charge in [-0.2, -0.15) is 0 Å². The molecule has 2 N–H and O–H groups in total. The van der Waals surface area contributed by atoms with Gasteiger partial charge in [0.2, 0.25) is 0 Å². The Morgan fingerprint density at radius 3 is 1.65 bits per heavy atom. The molecule has 4 aliphatic heterocycles. The zero-order valence-electron chi connectivity index (χ0n) is 38.4. The minimum atomic E-state index is -0.498.